The van der Waals surface area contributed by atoms with Crippen molar-refractivity contribution in [2.24, 2.45) is 5.92 Å². The van der Waals surface area contributed by atoms with Gasteiger partial charge in [-0.2, -0.15) is 0 Å². The van der Waals surface area contributed by atoms with E-state index in [1.54, 1.807) is 18.3 Å². The van der Waals surface area contributed by atoms with Gasteiger partial charge in [-0.15, -0.1) is 0 Å². The predicted octanol–water partition coefficient (Wildman–Crippen LogP) is 4.28. The van der Waals surface area contributed by atoms with Crippen LogP contribution >= 0.6 is 0 Å². The molecule has 2 aliphatic rings. The molecule has 0 atom stereocenters. The fourth-order valence-corrected chi connectivity index (χ4v) is 4.14. The number of benzene rings is 1. The van der Waals surface area contributed by atoms with Gasteiger partial charge in [-0.25, -0.2) is 9.37 Å². The quantitative estimate of drug-likeness (QED) is 0.737. The Labute approximate surface area is 177 Å². The van der Waals surface area contributed by atoms with E-state index in [1.165, 1.54) is 12.1 Å². The number of pyridine rings is 1. The van der Waals surface area contributed by atoms with E-state index in [1.807, 2.05) is 17.0 Å². The van der Waals surface area contributed by atoms with E-state index in [0.29, 0.717) is 18.1 Å². The minimum atomic E-state index is -0.224. The summed E-state index contributed by atoms with van der Waals surface area (Å²) >= 11 is 0. The van der Waals surface area contributed by atoms with Crippen LogP contribution in [0.3, 0.4) is 0 Å². The molecular formula is C24H30FN3O2. The molecule has 4 rings (SSSR count). The van der Waals surface area contributed by atoms with Gasteiger partial charge in [-0.05, 0) is 61.4 Å². The van der Waals surface area contributed by atoms with Crippen molar-refractivity contribution < 1.29 is 13.9 Å². The number of anilines is 1. The molecular weight excluding hydrogens is 381 g/mol. The second kappa shape index (κ2) is 9.56. The number of carbonyl (C=O) groups excluding carboxylic acids is 1. The lowest BCUT2D eigenvalue weighted by molar-refractivity contribution is 0.0250. The fourth-order valence-electron chi connectivity index (χ4n) is 4.14. The van der Waals surface area contributed by atoms with Gasteiger partial charge in [0.2, 0.25) is 0 Å². The Kier molecular flexibility index (Phi) is 6.62. The Hall–Kier alpha value is -2.47. The zero-order valence-electron chi connectivity index (χ0n) is 17.6. The molecule has 2 aliphatic heterocycles. The van der Waals surface area contributed by atoms with Crippen LogP contribution in [-0.4, -0.2) is 48.1 Å². The van der Waals surface area contributed by atoms with Gasteiger partial charge in [0.25, 0.3) is 5.91 Å². The summed E-state index contributed by atoms with van der Waals surface area (Å²) in [6.45, 7) is 6.18. The van der Waals surface area contributed by atoms with Crippen molar-refractivity contribution in [2.45, 2.75) is 45.3 Å². The minimum Gasteiger partial charge on any atom is -0.373 e. The molecule has 0 bridgehead atoms. The summed E-state index contributed by atoms with van der Waals surface area (Å²) in [5.41, 5.74) is 1.66. The molecule has 0 N–H and O–H groups in total. The summed E-state index contributed by atoms with van der Waals surface area (Å²) in [6.07, 6.45) is 5.93. The molecule has 2 saturated heterocycles. The van der Waals surface area contributed by atoms with Gasteiger partial charge >= 0.3 is 0 Å². The molecule has 3 heterocycles. The number of hydrogen-bond donors (Lipinski definition) is 0. The maximum Gasteiger partial charge on any atom is 0.255 e. The van der Waals surface area contributed by atoms with Crippen LogP contribution < -0.4 is 4.90 Å². The Bertz CT molecular complexity index is 825. The van der Waals surface area contributed by atoms with Crippen LogP contribution in [0, 0.1) is 11.7 Å². The lowest BCUT2D eigenvalue weighted by atomic mass is 9.99. The van der Waals surface area contributed by atoms with Crippen LogP contribution in [0.4, 0.5) is 10.2 Å². The molecule has 0 radical (unpaired) electrons. The molecule has 0 spiro atoms. The Morgan fingerprint density at radius 2 is 1.73 bits per heavy atom. The number of carbonyl (C=O) groups is 1. The second-order valence-corrected chi connectivity index (χ2v) is 8.50. The van der Waals surface area contributed by atoms with Gasteiger partial charge in [0.1, 0.15) is 11.6 Å². The minimum absolute atomic E-state index is 0.0915. The molecule has 0 saturated carbocycles. The number of amides is 1. The standard InChI is InChI=1S/C24H30FN3O2/c1-18-8-12-28(13-9-18)24(29)20-4-7-23(26-16-20)27-14-10-22(11-15-27)30-17-19-2-5-21(25)6-3-19/h2-7,16,18,22H,8-15,17H2,1H3. The molecule has 5 nitrogen and oxygen atoms in total. The maximum absolute atomic E-state index is 13.0. The normalized spacial score (nSPS) is 18.6. The van der Waals surface area contributed by atoms with Crippen molar-refractivity contribution in [1.29, 1.82) is 0 Å². The molecule has 0 unspecified atom stereocenters. The van der Waals surface area contributed by atoms with Crippen LogP contribution in [-0.2, 0) is 11.3 Å². The highest BCUT2D eigenvalue weighted by molar-refractivity contribution is 5.94. The highest BCUT2D eigenvalue weighted by atomic mass is 19.1. The summed E-state index contributed by atoms with van der Waals surface area (Å²) in [7, 11) is 0. The first-order valence-corrected chi connectivity index (χ1v) is 10.9. The molecule has 1 aromatic carbocycles. The Morgan fingerprint density at radius 1 is 1.03 bits per heavy atom. The van der Waals surface area contributed by atoms with E-state index in [-0.39, 0.29) is 17.8 Å². The van der Waals surface area contributed by atoms with Crippen molar-refractivity contribution in [3.05, 3.63) is 59.5 Å². The van der Waals surface area contributed by atoms with Crippen LogP contribution in [0.15, 0.2) is 42.6 Å². The molecule has 160 valence electrons. The first-order chi connectivity index (χ1) is 14.6. The highest BCUT2D eigenvalue weighted by Crippen LogP contribution is 2.22. The van der Waals surface area contributed by atoms with Crippen LogP contribution in [0.2, 0.25) is 0 Å². The lowest BCUT2D eigenvalue weighted by Gasteiger charge is -2.33. The second-order valence-electron chi connectivity index (χ2n) is 8.50. The summed E-state index contributed by atoms with van der Waals surface area (Å²) in [6, 6.07) is 10.3. The van der Waals surface area contributed by atoms with Crippen LogP contribution in [0.1, 0.15) is 48.5 Å². The number of nitrogens with zero attached hydrogens (tertiary/aromatic N) is 3. The first kappa shape index (κ1) is 20.8. The van der Waals surface area contributed by atoms with E-state index >= 15 is 0 Å². The molecule has 1 aromatic heterocycles. The molecule has 1 amide bonds. The fraction of sp³-hybridized carbons (Fsp3) is 0.500. The molecule has 2 fully saturated rings. The number of rotatable bonds is 5. The van der Waals surface area contributed by atoms with Gasteiger partial charge < -0.3 is 14.5 Å². The Morgan fingerprint density at radius 3 is 2.37 bits per heavy atom. The van der Waals surface area contributed by atoms with Gasteiger partial charge in [0.15, 0.2) is 0 Å². The van der Waals surface area contributed by atoms with Gasteiger partial charge in [-0.1, -0.05) is 19.1 Å². The van der Waals surface area contributed by atoms with Gasteiger partial charge in [0.05, 0.1) is 18.3 Å². The van der Waals surface area contributed by atoms with Crippen LogP contribution in [0.25, 0.3) is 0 Å². The third-order valence-corrected chi connectivity index (χ3v) is 6.23. The molecule has 6 heteroatoms. The van der Waals surface area contributed by atoms with Gasteiger partial charge in [-0.3, -0.25) is 4.79 Å². The first-order valence-electron chi connectivity index (χ1n) is 10.9. The monoisotopic (exact) mass is 411 g/mol. The number of likely N-dealkylation sites (tertiary alicyclic amines) is 1. The summed E-state index contributed by atoms with van der Waals surface area (Å²) in [5.74, 6) is 1.49. The summed E-state index contributed by atoms with van der Waals surface area (Å²) in [4.78, 5) is 21.4. The van der Waals surface area contributed by atoms with E-state index in [4.69, 9.17) is 4.74 Å². The third-order valence-electron chi connectivity index (χ3n) is 6.23. The Balaban J connectivity index is 1.25. The van der Waals surface area contributed by atoms with Gasteiger partial charge in [0, 0.05) is 32.4 Å². The van der Waals surface area contributed by atoms with E-state index < -0.39 is 0 Å². The molecule has 0 aliphatic carbocycles. The smallest absolute Gasteiger partial charge is 0.255 e. The number of piperidine rings is 2. The van der Waals surface area contributed by atoms with Crippen molar-refractivity contribution >= 4 is 11.7 Å². The predicted molar refractivity (Wildman–Crippen MR) is 115 cm³/mol. The van der Waals surface area contributed by atoms with Crippen molar-refractivity contribution in [1.82, 2.24) is 9.88 Å². The number of ether oxygens (including phenoxy) is 1. The van der Waals surface area contributed by atoms with Crippen molar-refractivity contribution in [3.8, 4) is 0 Å². The SMILES string of the molecule is CC1CCN(C(=O)c2ccc(N3CCC(OCc4ccc(F)cc4)CC3)nc2)CC1. The largest absolute Gasteiger partial charge is 0.373 e. The van der Waals surface area contributed by atoms with Crippen molar-refractivity contribution in [3.63, 3.8) is 0 Å². The zero-order valence-corrected chi connectivity index (χ0v) is 17.6. The third kappa shape index (κ3) is 5.17. The average Bonchev–Trinajstić information content (AvgIpc) is 2.79. The average molecular weight is 412 g/mol. The van der Waals surface area contributed by atoms with Crippen molar-refractivity contribution in [2.75, 3.05) is 31.1 Å². The summed E-state index contributed by atoms with van der Waals surface area (Å²) < 4.78 is 19.0. The van der Waals surface area contributed by atoms with E-state index in [9.17, 15) is 9.18 Å². The molecule has 30 heavy (non-hydrogen) atoms. The van der Waals surface area contributed by atoms with E-state index in [2.05, 4.69) is 16.8 Å². The zero-order chi connectivity index (χ0) is 20.9. The number of halogens is 1. The van der Waals surface area contributed by atoms with Crippen LogP contribution in [0.5, 0.6) is 0 Å². The number of aromatic nitrogens is 1. The molecule has 2 aromatic rings. The highest BCUT2D eigenvalue weighted by Gasteiger charge is 2.23. The summed E-state index contributed by atoms with van der Waals surface area (Å²) in [5, 5.41) is 0. The number of hydrogen-bond acceptors (Lipinski definition) is 4. The topological polar surface area (TPSA) is 45.7 Å². The van der Waals surface area contributed by atoms with E-state index in [0.717, 1.165) is 63.2 Å². The lowest BCUT2D eigenvalue weighted by Crippen LogP contribution is -2.38. The maximum atomic E-state index is 13.0.